The second-order valence-corrected chi connectivity index (χ2v) is 1.21. The molecular weight excluding hydrogens is 185 g/mol. The molecule has 0 rings (SSSR count). The quantitative estimate of drug-likeness (QED) is 0.405. The van der Waals surface area contributed by atoms with Crippen molar-refractivity contribution in [2.45, 2.75) is 13.8 Å². The smallest absolute Gasteiger partial charge is 1.00 e. The van der Waals surface area contributed by atoms with Gasteiger partial charge in [0.15, 0.2) is 0 Å². The van der Waals surface area contributed by atoms with Crippen LogP contribution in [-0.2, 0) is 0 Å². The summed E-state index contributed by atoms with van der Waals surface area (Å²) in [5, 5.41) is 0. The van der Waals surface area contributed by atoms with Crippen LogP contribution in [0.15, 0.2) is 12.2 Å². The van der Waals surface area contributed by atoms with Crippen molar-refractivity contribution in [3.05, 3.63) is 12.2 Å². The Hall–Kier alpha value is 1.31. The van der Waals surface area contributed by atoms with E-state index in [1.54, 1.807) is 0 Å². The zero-order chi connectivity index (χ0) is 3.58. The van der Waals surface area contributed by atoms with E-state index in [0.717, 1.165) is 0 Å². The molecule has 0 bridgehead atoms. The van der Waals surface area contributed by atoms with Crippen molar-refractivity contribution in [1.82, 2.24) is 0 Å². The first-order valence-corrected chi connectivity index (χ1v) is 1.35. The van der Waals surface area contributed by atoms with Crippen LogP contribution in [0.5, 0.6) is 0 Å². The summed E-state index contributed by atoms with van der Waals surface area (Å²) in [7, 11) is 0. The monoisotopic (exact) mass is 196 g/mol. The molecule has 0 aromatic heterocycles. The third kappa shape index (κ3) is 33.9. The number of hydrogen-bond acceptors (Lipinski definition) is 0. The van der Waals surface area contributed by atoms with Gasteiger partial charge in [0.25, 0.3) is 0 Å². The van der Waals surface area contributed by atoms with Crippen LogP contribution in [0.1, 0.15) is 16.7 Å². The Balaban J connectivity index is -0.0000000150. The first-order valence-electron chi connectivity index (χ1n) is 1.35. The van der Waals surface area contributed by atoms with E-state index in [4.69, 9.17) is 0 Å². The van der Waals surface area contributed by atoms with Gasteiger partial charge in [-0.05, 0) is 13.8 Å². The predicted octanol–water partition coefficient (Wildman–Crippen LogP) is 1.43. The SMILES string of the molecule is C=C(C)C.[Ba+2].[H-].[H-]. The van der Waals surface area contributed by atoms with Gasteiger partial charge in [-0.1, -0.05) is 5.57 Å². The minimum Gasteiger partial charge on any atom is -1.00 e. The van der Waals surface area contributed by atoms with Crippen LogP contribution >= 0.6 is 0 Å². The molecule has 0 saturated heterocycles. The predicted molar refractivity (Wildman–Crippen MR) is 28.5 cm³/mol. The van der Waals surface area contributed by atoms with Crippen molar-refractivity contribution >= 4 is 48.9 Å². The first kappa shape index (κ1) is 9.58. The average molecular weight is 195 g/mol. The summed E-state index contributed by atoms with van der Waals surface area (Å²) in [6.45, 7) is 7.50. The zero-order valence-electron chi connectivity index (χ0n) is 5.91. The Morgan fingerprint density at radius 2 is 1.60 bits per heavy atom. The van der Waals surface area contributed by atoms with Crippen molar-refractivity contribution in [2.75, 3.05) is 0 Å². The van der Waals surface area contributed by atoms with Crippen LogP contribution in [0.3, 0.4) is 0 Å². The molecular formula is C4H10Ba. The molecule has 0 aliphatic carbocycles. The van der Waals surface area contributed by atoms with E-state index in [1.807, 2.05) is 13.8 Å². The fraction of sp³-hybridized carbons (Fsp3) is 0.500. The van der Waals surface area contributed by atoms with Crippen LogP contribution in [0.2, 0.25) is 0 Å². The maximum Gasteiger partial charge on any atom is 2.00 e. The summed E-state index contributed by atoms with van der Waals surface area (Å²) < 4.78 is 0. The summed E-state index contributed by atoms with van der Waals surface area (Å²) in [6.07, 6.45) is 0. The standard InChI is InChI=1S/C4H8.Ba.2H/c1-4(2)3;;;/h1H2,2-3H3;;;/q;+2;2*-1. The Kier molecular flexibility index (Phi) is 10.2. The molecule has 0 radical (unpaired) electrons. The van der Waals surface area contributed by atoms with Crippen molar-refractivity contribution in [2.24, 2.45) is 0 Å². The van der Waals surface area contributed by atoms with Crippen molar-refractivity contribution in [3.8, 4) is 0 Å². The number of rotatable bonds is 0. The molecule has 28 valence electrons. The van der Waals surface area contributed by atoms with Crippen LogP contribution in [-0.4, -0.2) is 48.9 Å². The molecule has 0 aromatic rings. The maximum atomic E-state index is 3.56. The number of allylic oxidation sites excluding steroid dienone is 1. The molecule has 0 aliphatic heterocycles. The summed E-state index contributed by atoms with van der Waals surface area (Å²) in [5.41, 5.74) is 1.17. The Morgan fingerprint density at radius 3 is 1.60 bits per heavy atom. The topological polar surface area (TPSA) is 0 Å². The summed E-state index contributed by atoms with van der Waals surface area (Å²) in [4.78, 5) is 0. The van der Waals surface area contributed by atoms with Gasteiger partial charge in [0.2, 0.25) is 0 Å². The van der Waals surface area contributed by atoms with Gasteiger partial charge in [0, 0.05) is 0 Å². The summed E-state index contributed by atoms with van der Waals surface area (Å²) in [6, 6.07) is 0. The van der Waals surface area contributed by atoms with Crippen LogP contribution < -0.4 is 0 Å². The maximum absolute atomic E-state index is 3.56. The van der Waals surface area contributed by atoms with E-state index >= 15 is 0 Å². The first-order chi connectivity index (χ1) is 1.73. The van der Waals surface area contributed by atoms with Gasteiger partial charge < -0.3 is 2.85 Å². The van der Waals surface area contributed by atoms with Gasteiger partial charge in [-0.3, -0.25) is 0 Å². The van der Waals surface area contributed by atoms with E-state index in [1.165, 1.54) is 5.57 Å². The Labute approximate surface area is 76.7 Å². The molecule has 0 heterocycles. The summed E-state index contributed by atoms with van der Waals surface area (Å²) in [5.74, 6) is 0. The van der Waals surface area contributed by atoms with E-state index in [2.05, 4.69) is 6.58 Å². The van der Waals surface area contributed by atoms with Crippen molar-refractivity contribution in [3.63, 3.8) is 0 Å². The molecule has 0 saturated carbocycles. The van der Waals surface area contributed by atoms with E-state index in [9.17, 15) is 0 Å². The second kappa shape index (κ2) is 5.31. The normalized spacial score (nSPS) is 5.20. The van der Waals surface area contributed by atoms with Gasteiger partial charge in [0.05, 0.1) is 0 Å². The molecule has 0 amide bonds. The van der Waals surface area contributed by atoms with Gasteiger partial charge >= 0.3 is 48.9 Å². The molecule has 0 aromatic carbocycles. The van der Waals surface area contributed by atoms with Crippen LogP contribution in [0.4, 0.5) is 0 Å². The molecule has 0 N–H and O–H groups in total. The van der Waals surface area contributed by atoms with Gasteiger partial charge in [-0.25, -0.2) is 0 Å². The number of hydrogen-bond donors (Lipinski definition) is 0. The second-order valence-electron chi connectivity index (χ2n) is 1.21. The molecule has 0 unspecified atom stereocenters. The Bertz CT molecular complexity index is 32.7. The summed E-state index contributed by atoms with van der Waals surface area (Å²) >= 11 is 0. The van der Waals surface area contributed by atoms with Gasteiger partial charge in [0.1, 0.15) is 0 Å². The fourth-order valence-corrected chi connectivity index (χ4v) is 0. The zero-order valence-corrected chi connectivity index (χ0v) is 8.35. The molecule has 0 spiro atoms. The van der Waals surface area contributed by atoms with Gasteiger partial charge in [-0.15, -0.1) is 6.58 Å². The molecule has 0 fully saturated rings. The largest absolute Gasteiger partial charge is 2.00 e. The van der Waals surface area contributed by atoms with Crippen molar-refractivity contribution in [1.29, 1.82) is 0 Å². The third-order valence-electron chi connectivity index (χ3n) is 0. The minimum absolute atomic E-state index is 0. The van der Waals surface area contributed by atoms with E-state index in [-0.39, 0.29) is 51.7 Å². The molecule has 5 heavy (non-hydrogen) atoms. The Morgan fingerprint density at radius 1 is 1.60 bits per heavy atom. The van der Waals surface area contributed by atoms with E-state index < -0.39 is 0 Å². The average Bonchev–Trinajstić information content (AvgIpc) is 0.811. The van der Waals surface area contributed by atoms with Crippen molar-refractivity contribution < 1.29 is 2.85 Å². The molecule has 1 heteroatoms. The van der Waals surface area contributed by atoms with E-state index in [0.29, 0.717) is 0 Å². The van der Waals surface area contributed by atoms with Gasteiger partial charge in [-0.2, -0.15) is 0 Å². The fourth-order valence-electron chi connectivity index (χ4n) is 0. The molecule has 0 nitrogen and oxygen atoms in total. The third-order valence-corrected chi connectivity index (χ3v) is 0. The molecule has 0 atom stereocenters. The minimum atomic E-state index is 0. The van der Waals surface area contributed by atoms with Crippen LogP contribution in [0.25, 0.3) is 0 Å². The molecule has 0 aliphatic rings. The van der Waals surface area contributed by atoms with Crippen LogP contribution in [0, 0.1) is 0 Å².